The molecule has 148 valence electrons. The largest absolute Gasteiger partial charge is 0.544 e. The average molecular weight is 421 g/mol. The number of hydrogen-bond acceptors (Lipinski definition) is 4. The first-order valence-electron chi connectivity index (χ1n) is 9.28. The Hall–Kier alpha value is -1.71. The van der Waals surface area contributed by atoms with E-state index in [-0.39, 0.29) is 0 Å². The van der Waals surface area contributed by atoms with Gasteiger partial charge in [0, 0.05) is 13.1 Å². The third-order valence-corrected chi connectivity index (χ3v) is 6.37. The summed E-state index contributed by atoms with van der Waals surface area (Å²) >= 11 is 0. The van der Waals surface area contributed by atoms with Crippen LogP contribution in [0.2, 0.25) is 52.4 Å². The van der Waals surface area contributed by atoms with Crippen LogP contribution >= 0.6 is 0 Å². The fourth-order valence-electron chi connectivity index (χ4n) is 2.45. The van der Waals surface area contributed by atoms with Crippen molar-refractivity contribution >= 4 is 25.2 Å². The molecule has 4 nitrogen and oxygen atoms in total. The molecule has 0 fully saturated rings. The Bertz CT molecular complexity index is 666. The Morgan fingerprint density at radius 3 is 0.852 bits per heavy atom. The molecule has 27 heavy (non-hydrogen) atoms. The van der Waals surface area contributed by atoms with E-state index in [1.807, 2.05) is 61.6 Å². The Balaban J connectivity index is 1.98. The van der Waals surface area contributed by atoms with Gasteiger partial charge in [-0.15, -0.1) is 0 Å². The molecule has 2 rings (SSSR count). The summed E-state index contributed by atoms with van der Waals surface area (Å²) in [6.45, 7) is 17.1. The maximum atomic E-state index is 6.15. The summed E-state index contributed by atoms with van der Waals surface area (Å²) in [4.78, 5) is 0. The van der Waals surface area contributed by atoms with Gasteiger partial charge in [0.05, 0.1) is 0 Å². The maximum absolute atomic E-state index is 6.15. The van der Waals surface area contributed by atoms with E-state index in [9.17, 15) is 0 Å². The van der Waals surface area contributed by atoms with E-state index in [0.717, 1.165) is 23.0 Å². The average Bonchev–Trinajstić information content (AvgIpc) is 2.48. The van der Waals surface area contributed by atoms with Crippen molar-refractivity contribution in [2.45, 2.75) is 52.4 Å². The van der Waals surface area contributed by atoms with E-state index in [1.54, 1.807) is 0 Å². The van der Waals surface area contributed by atoms with Crippen LogP contribution in [0, 0.1) is 0 Å². The zero-order valence-corrected chi connectivity index (χ0v) is 20.8. The highest BCUT2D eigenvalue weighted by Gasteiger charge is 2.29. The minimum absolute atomic E-state index is 0.799. The second-order valence-corrected chi connectivity index (χ2v) is 21.0. The molecule has 0 N–H and O–H groups in total. The summed E-state index contributed by atoms with van der Waals surface area (Å²) in [5.74, 6) is 3.38. The van der Waals surface area contributed by atoms with Gasteiger partial charge in [-0.1, -0.05) is 0 Å². The third kappa shape index (κ3) is 8.23. The van der Waals surface area contributed by atoms with E-state index < -0.39 is 25.2 Å². The van der Waals surface area contributed by atoms with Crippen LogP contribution in [0.15, 0.2) is 48.5 Å². The lowest BCUT2D eigenvalue weighted by molar-refractivity contribution is 0.398. The Morgan fingerprint density at radius 2 is 0.630 bits per heavy atom. The molecule has 2 aromatic rings. The highest BCUT2D eigenvalue weighted by molar-refractivity contribution is 6.70. The molecule has 0 aromatic heterocycles. The van der Waals surface area contributed by atoms with Crippen molar-refractivity contribution in [1.82, 2.24) is 0 Å². The molecular formula is C20H32O4Si3. The Labute approximate surface area is 166 Å². The van der Waals surface area contributed by atoms with Crippen LogP contribution in [-0.4, -0.2) is 25.2 Å². The minimum Gasteiger partial charge on any atom is -0.544 e. The number of rotatable bonds is 8. The minimum atomic E-state index is -2.38. The van der Waals surface area contributed by atoms with Crippen LogP contribution < -0.4 is 17.7 Å². The van der Waals surface area contributed by atoms with E-state index >= 15 is 0 Å². The van der Waals surface area contributed by atoms with Gasteiger partial charge < -0.3 is 17.7 Å². The van der Waals surface area contributed by atoms with Crippen molar-refractivity contribution in [3.8, 4) is 23.0 Å². The van der Waals surface area contributed by atoms with Gasteiger partial charge in [-0.05, 0) is 87.8 Å². The van der Waals surface area contributed by atoms with Gasteiger partial charge in [-0.25, -0.2) is 0 Å². The lowest BCUT2D eigenvalue weighted by Gasteiger charge is -2.25. The SMILES string of the molecule is C[Si](C)(C)Oc1ccc(O[Si](C)(C)Oc2ccc(O[Si](C)(C)C)cc2)cc1. The quantitative estimate of drug-likeness (QED) is 0.471. The highest BCUT2D eigenvalue weighted by Crippen LogP contribution is 2.26. The monoisotopic (exact) mass is 420 g/mol. The Kier molecular flexibility index (Phi) is 6.49. The Morgan fingerprint density at radius 1 is 0.407 bits per heavy atom. The topological polar surface area (TPSA) is 36.9 Å². The number of hydrogen-bond donors (Lipinski definition) is 0. The summed E-state index contributed by atoms with van der Waals surface area (Å²) in [6, 6.07) is 15.6. The molecule has 0 amide bonds. The normalized spacial score (nSPS) is 12.4. The van der Waals surface area contributed by atoms with E-state index in [0.29, 0.717) is 0 Å². The van der Waals surface area contributed by atoms with Crippen LogP contribution in [0.4, 0.5) is 0 Å². The van der Waals surface area contributed by atoms with E-state index in [1.165, 1.54) is 0 Å². The molecule has 0 aliphatic rings. The summed E-state index contributed by atoms with van der Waals surface area (Å²) in [6.07, 6.45) is 0. The van der Waals surface area contributed by atoms with Gasteiger partial charge in [-0.2, -0.15) is 0 Å². The maximum Gasteiger partial charge on any atom is 0.454 e. The van der Waals surface area contributed by atoms with Gasteiger partial charge >= 0.3 is 8.56 Å². The zero-order valence-electron chi connectivity index (χ0n) is 17.8. The van der Waals surface area contributed by atoms with Crippen molar-refractivity contribution in [3.05, 3.63) is 48.5 Å². The predicted molar refractivity (Wildman–Crippen MR) is 120 cm³/mol. The van der Waals surface area contributed by atoms with Crippen LogP contribution in [0.1, 0.15) is 0 Å². The number of benzene rings is 2. The van der Waals surface area contributed by atoms with Gasteiger partial charge in [-0.3, -0.25) is 0 Å². The fraction of sp³-hybridized carbons (Fsp3) is 0.400. The van der Waals surface area contributed by atoms with E-state index in [4.69, 9.17) is 17.7 Å². The first-order valence-corrected chi connectivity index (χ1v) is 18.9. The van der Waals surface area contributed by atoms with Crippen molar-refractivity contribution in [2.24, 2.45) is 0 Å². The third-order valence-electron chi connectivity index (χ3n) is 3.22. The molecule has 2 aromatic carbocycles. The fourth-order valence-corrected chi connectivity index (χ4v) is 5.58. The van der Waals surface area contributed by atoms with E-state index in [2.05, 4.69) is 39.3 Å². The zero-order chi connectivity index (χ0) is 20.3. The lowest BCUT2D eigenvalue weighted by Crippen LogP contribution is -2.41. The standard InChI is InChI=1S/C20H32O4Si3/c1-25(2,3)21-17-9-13-19(14-10-17)23-27(7,8)24-20-15-11-18(12-16-20)22-26(4,5)6/h9-16H,1-8H3. The second-order valence-electron chi connectivity index (χ2n) is 8.98. The summed E-state index contributed by atoms with van der Waals surface area (Å²) in [5, 5.41) is 0. The molecule has 0 radical (unpaired) electrons. The lowest BCUT2D eigenvalue weighted by atomic mass is 10.3. The smallest absolute Gasteiger partial charge is 0.454 e. The van der Waals surface area contributed by atoms with Crippen LogP contribution in [0.5, 0.6) is 23.0 Å². The molecule has 0 saturated heterocycles. The van der Waals surface area contributed by atoms with Crippen LogP contribution in [0.25, 0.3) is 0 Å². The van der Waals surface area contributed by atoms with Gasteiger partial charge in [0.15, 0.2) is 0 Å². The summed E-state index contributed by atoms with van der Waals surface area (Å²) in [7, 11) is -5.57. The molecule has 0 atom stereocenters. The van der Waals surface area contributed by atoms with Gasteiger partial charge in [0.25, 0.3) is 0 Å². The van der Waals surface area contributed by atoms with Gasteiger partial charge in [0.1, 0.15) is 23.0 Å². The first-order chi connectivity index (χ1) is 12.3. The van der Waals surface area contributed by atoms with Crippen LogP contribution in [-0.2, 0) is 0 Å². The molecule has 7 heteroatoms. The van der Waals surface area contributed by atoms with Crippen molar-refractivity contribution in [1.29, 1.82) is 0 Å². The predicted octanol–water partition coefficient (Wildman–Crippen LogP) is 6.27. The molecule has 0 spiro atoms. The molecule has 0 aliphatic carbocycles. The molecular weight excluding hydrogens is 388 g/mol. The van der Waals surface area contributed by atoms with Crippen molar-refractivity contribution < 1.29 is 17.7 Å². The first kappa shape index (κ1) is 21.6. The summed E-state index contributed by atoms with van der Waals surface area (Å²) < 4.78 is 24.3. The molecule has 0 heterocycles. The summed E-state index contributed by atoms with van der Waals surface area (Å²) in [5.41, 5.74) is 0. The second kappa shape index (κ2) is 8.12. The van der Waals surface area contributed by atoms with Crippen LogP contribution in [0.3, 0.4) is 0 Å². The molecule has 0 unspecified atom stereocenters. The molecule has 0 saturated carbocycles. The molecule has 0 aliphatic heterocycles. The molecule has 0 bridgehead atoms. The van der Waals surface area contributed by atoms with Crippen molar-refractivity contribution in [3.63, 3.8) is 0 Å². The van der Waals surface area contributed by atoms with Gasteiger partial charge in [0.2, 0.25) is 16.6 Å². The van der Waals surface area contributed by atoms with Crippen molar-refractivity contribution in [2.75, 3.05) is 0 Å². The highest BCUT2D eigenvalue weighted by atomic mass is 28.4.